The van der Waals surface area contributed by atoms with Gasteiger partial charge in [-0.1, -0.05) is 64.1 Å². The number of phenolic OH excluding ortho intramolecular Hbond substituents is 1. The fourth-order valence-electron chi connectivity index (χ4n) is 3.15. The van der Waals surface area contributed by atoms with Gasteiger partial charge in [-0.05, 0) is 36.4 Å². The van der Waals surface area contributed by atoms with Crippen molar-refractivity contribution in [3.63, 3.8) is 0 Å². The number of benzene rings is 3. The number of nitrogens with one attached hydrogen (secondary N) is 1. The lowest BCUT2D eigenvalue weighted by atomic mass is 10.2. The summed E-state index contributed by atoms with van der Waals surface area (Å²) < 4.78 is 28.9. The van der Waals surface area contributed by atoms with Crippen LogP contribution in [0.2, 0.25) is 0 Å². The fourth-order valence-corrected chi connectivity index (χ4v) is 4.27. The van der Waals surface area contributed by atoms with Gasteiger partial charge >= 0.3 is 0 Å². The van der Waals surface area contributed by atoms with E-state index < -0.39 is 12.3 Å². The van der Waals surface area contributed by atoms with Gasteiger partial charge in [-0.3, -0.25) is 9.36 Å². The van der Waals surface area contributed by atoms with E-state index in [0.29, 0.717) is 16.5 Å². The van der Waals surface area contributed by atoms with Gasteiger partial charge in [0, 0.05) is 21.4 Å². The number of aromatic hydroxyl groups is 1. The van der Waals surface area contributed by atoms with Crippen LogP contribution in [0.15, 0.2) is 82.4 Å². The number of para-hydroxylation sites is 2. The maximum Gasteiger partial charge on any atom is 0.265 e. The summed E-state index contributed by atoms with van der Waals surface area (Å²) in [6.45, 7) is 0. The molecular weight excluding hydrogens is 514 g/mol. The number of alkyl halides is 2. The first-order valence-electron chi connectivity index (χ1n) is 9.73. The van der Waals surface area contributed by atoms with E-state index in [1.54, 1.807) is 28.8 Å². The van der Waals surface area contributed by atoms with Crippen molar-refractivity contribution in [2.45, 2.75) is 11.6 Å². The third kappa shape index (κ3) is 5.23. The molecule has 10 heteroatoms. The van der Waals surface area contributed by atoms with Crippen LogP contribution in [0.4, 0.5) is 14.5 Å². The Labute approximate surface area is 200 Å². The molecule has 33 heavy (non-hydrogen) atoms. The predicted molar refractivity (Wildman–Crippen MR) is 127 cm³/mol. The van der Waals surface area contributed by atoms with Crippen molar-refractivity contribution in [2.75, 3.05) is 11.1 Å². The smallest absolute Gasteiger partial charge is 0.265 e. The largest absolute Gasteiger partial charge is 0.507 e. The molecule has 0 aliphatic heterocycles. The van der Waals surface area contributed by atoms with Crippen LogP contribution in [0.25, 0.3) is 17.1 Å². The maximum absolute atomic E-state index is 13.2. The number of carbonyl (C=O) groups excluding carboxylic acids is 1. The second-order valence-electron chi connectivity index (χ2n) is 6.86. The number of rotatable bonds is 7. The molecule has 4 aromatic rings. The molecule has 0 saturated carbocycles. The molecule has 2 N–H and O–H groups in total. The number of amides is 1. The van der Waals surface area contributed by atoms with Gasteiger partial charge in [-0.2, -0.15) is 0 Å². The number of anilines is 1. The van der Waals surface area contributed by atoms with Crippen molar-refractivity contribution in [3.8, 4) is 22.8 Å². The standard InChI is InChI=1S/C23H17BrF2N4O2S/c24-14-10-11-19(31)17(12-14)22-28-29-23(30(22)15-6-2-1-3-7-15)33-13-20(32)27-18-9-5-4-8-16(18)21(25)26/h1-12,21,31H,13H2,(H,27,32). The lowest BCUT2D eigenvalue weighted by Crippen LogP contribution is -2.16. The zero-order valence-corrected chi connectivity index (χ0v) is 19.4. The monoisotopic (exact) mass is 530 g/mol. The molecule has 3 aromatic carbocycles. The van der Waals surface area contributed by atoms with Crippen LogP contribution >= 0.6 is 27.7 Å². The van der Waals surface area contributed by atoms with Crippen LogP contribution in [-0.4, -0.2) is 31.5 Å². The Kier molecular flexibility index (Phi) is 7.05. The molecule has 0 unspecified atom stereocenters. The van der Waals surface area contributed by atoms with E-state index in [4.69, 9.17) is 0 Å². The molecule has 0 radical (unpaired) electrons. The Morgan fingerprint density at radius 2 is 1.79 bits per heavy atom. The number of phenols is 1. The molecular formula is C23H17BrF2N4O2S. The average Bonchev–Trinajstić information content (AvgIpc) is 3.24. The van der Waals surface area contributed by atoms with Gasteiger partial charge in [0.1, 0.15) is 5.75 Å². The van der Waals surface area contributed by atoms with Gasteiger partial charge in [0.25, 0.3) is 6.43 Å². The van der Waals surface area contributed by atoms with E-state index in [0.717, 1.165) is 21.9 Å². The quantitative estimate of drug-likeness (QED) is 0.283. The SMILES string of the molecule is O=C(CSc1nnc(-c2cc(Br)ccc2O)n1-c1ccccc1)Nc1ccccc1C(F)F. The lowest BCUT2D eigenvalue weighted by Gasteiger charge is -2.12. The van der Waals surface area contributed by atoms with Crippen LogP contribution in [0.5, 0.6) is 5.75 Å². The predicted octanol–water partition coefficient (Wildman–Crippen LogP) is 6.07. The Bertz CT molecular complexity index is 1280. The van der Waals surface area contributed by atoms with Gasteiger partial charge in [-0.15, -0.1) is 10.2 Å². The first-order valence-corrected chi connectivity index (χ1v) is 11.5. The van der Waals surface area contributed by atoms with E-state index in [1.807, 2.05) is 30.3 Å². The molecule has 6 nitrogen and oxygen atoms in total. The highest BCUT2D eigenvalue weighted by Gasteiger charge is 2.20. The molecule has 0 atom stereocenters. The minimum atomic E-state index is -2.70. The third-order valence-corrected chi connectivity index (χ3v) is 6.07. The Balaban J connectivity index is 1.62. The van der Waals surface area contributed by atoms with Crippen LogP contribution in [-0.2, 0) is 4.79 Å². The van der Waals surface area contributed by atoms with Gasteiger partial charge in [0.2, 0.25) is 5.91 Å². The number of hydrogen-bond acceptors (Lipinski definition) is 5. The van der Waals surface area contributed by atoms with Crippen LogP contribution < -0.4 is 5.32 Å². The maximum atomic E-state index is 13.2. The Morgan fingerprint density at radius 3 is 2.55 bits per heavy atom. The van der Waals surface area contributed by atoms with Gasteiger partial charge in [0.05, 0.1) is 11.3 Å². The molecule has 0 fully saturated rings. The molecule has 0 aliphatic carbocycles. The summed E-state index contributed by atoms with van der Waals surface area (Å²) in [4.78, 5) is 12.5. The van der Waals surface area contributed by atoms with Gasteiger partial charge in [-0.25, -0.2) is 8.78 Å². The summed E-state index contributed by atoms with van der Waals surface area (Å²) in [5, 5.41) is 21.8. The molecule has 1 heterocycles. The summed E-state index contributed by atoms with van der Waals surface area (Å²) in [5.41, 5.74) is 1.03. The van der Waals surface area contributed by atoms with E-state index >= 15 is 0 Å². The Hall–Kier alpha value is -3.24. The number of thioether (sulfide) groups is 1. The highest BCUT2D eigenvalue weighted by molar-refractivity contribution is 9.10. The van der Waals surface area contributed by atoms with Crippen molar-refractivity contribution in [1.29, 1.82) is 0 Å². The van der Waals surface area contributed by atoms with Crippen LogP contribution in [0.3, 0.4) is 0 Å². The first kappa shape index (κ1) is 22.9. The molecule has 0 aliphatic rings. The summed E-state index contributed by atoms with van der Waals surface area (Å²) >= 11 is 4.50. The van der Waals surface area contributed by atoms with Crippen LogP contribution in [0.1, 0.15) is 12.0 Å². The molecule has 1 aromatic heterocycles. The van der Waals surface area contributed by atoms with Crippen molar-refractivity contribution in [1.82, 2.24) is 14.8 Å². The van der Waals surface area contributed by atoms with Crippen molar-refractivity contribution in [3.05, 3.63) is 82.8 Å². The summed E-state index contributed by atoms with van der Waals surface area (Å²) in [5.74, 6) is -0.110. The van der Waals surface area contributed by atoms with E-state index in [2.05, 4.69) is 31.4 Å². The molecule has 0 saturated heterocycles. The highest BCUT2D eigenvalue weighted by atomic mass is 79.9. The van der Waals surface area contributed by atoms with Crippen molar-refractivity contribution in [2.24, 2.45) is 0 Å². The summed E-state index contributed by atoms with van der Waals surface area (Å²) in [6, 6.07) is 20.0. The minimum Gasteiger partial charge on any atom is -0.507 e. The second-order valence-corrected chi connectivity index (χ2v) is 8.72. The molecule has 1 amide bonds. The van der Waals surface area contributed by atoms with Crippen LogP contribution in [0, 0.1) is 0 Å². The molecule has 168 valence electrons. The van der Waals surface area contributed by atoms with Gasteiger partial charge < -0.3 is 10.4 Å². The number of nitrogens with zero attached hydrogens (tertiary/aromatic N) is 3. The molecule has 0 bridgehead atoms. The highest BCUT2D eigenvalue weighted by Crippen LogP contribution is 2.35. The minimum absolute atomic E-state index is 0.0284. The average molecular weight is 531 g/mol. The third-order valence-electron chi connectivity index (χ3n) is 4.65. The topological polar surface area (TPSA) is 80.0 Å². The first-order chi connectivity index (χ1) is 15.9. The van der Waals surface area contributed by atoms with Crippen molar-refractivity contribution >= 4 is 39.3 Å². The molecule has 0 spiro atoms. The molecule has 4 rings (SSSR count). The number of aromatic nitrogens is 3. The number of carbonyl (C=O) groups is 1. The van der Waals surface area contributed by atoms with E-state index in [1.165, 1.54) is 18.2 Å². The fraction of sp³-hybridized carbons (Fsp3) is 0.0870. The summed E-state index contributed by atoms with van der Waals surface area (Å²) in [7, 11) is 0. The zero-order valence-electron chi connectivity index (χ0n) is 17.0. The van der Waals surface area contributed by atoms with Crippen molar-refractivity contribution < 1.29 is 18.7 Å². The summed E-state index contributed by atoms with van der Waals surface area (Å²) in [6.07, 6.45) is -2.70. The number of hydrogen-bond donors (Lipinski definition) is 2. The van der Waals surface area contributed by atoms with Gasteiger partial charge in [0.15, 0.2) is 11.0 Å². The lowest BCUT2D eigenvalue weighted by molar-refractivity contribution is -0.113. The van der Waals surface area contributed by atoms with E-state index in [9.17, 15) is 18.7 Å². The number of halogens is 3. The zero-order chi connectivity index (χ0) is 23.4. The Morgan fingerprint density at radius 1 is 1.06 bits per heavy atom. The normalized spacial score (nSPS) is 11.0. The second kappa shape index (κ2) is 10.1. The van der Waals surface area contributed by atoms with E-state index in [-0.39, 0.29) is 22.8 Å².